The standard InChI is InChI=1S/C47H48ClN9O5/c48-38-30-50-45(54-42(38)33-8-4-7-32(25-33)31-5-2-1-3-6-31)52-35-26-37(29-49-28-35)57-24-17-46(44(57)61)15-20-56(21-16-46)41(59)27-47(62)18-22-55(23-19-47)36-11-9-34(10-12-36)51-39-13-14-40(58)53-43(39)60/h1-12,25-26,28-30,39,51,62H,13-24,27H2,(H,50,52,54)(H,53,58,60). The molecule has 1 spiro atoms. The summed E-state index contributed by atoms with van der Waals surface area (Å²) in [5.74, 6) is -0.259. The first-order valence-corrected chi connectivity index (χ1v) is 21.6. The van der Waals surface area contributed by atoms with Gasteiger partial charge in [0.25, 0.3) is 0 Å². The molecule has 0 aliphatic carbocycles. The number of rotatable bonds is 10. The molecule has 15 heteroatoms. The molecule has 0 bridgehead atoms. The summed E-state index contributed by atoms with van der Waals surface area (Å²) in [6.45, 7) is 2.67. The third kappa shape index (κ3) is 8.70. The number of pyridine rings is 1. The quantitative estimate of drug-likeness (QED) is 0.112. The normalized spacial score (nSPS) is 19.7. The second-order valence-electron chi connectivity index (χ2n) is 16.8. The molecule has 14 nitrogen and oxygen atoms in total. The fourth-order valence-corrected chi connectivity index (χ4v) is 9.35. The Labute approximate surface area is 364 Å². The molecule has 2 aromatic heterocycles. The van der Waals surface area contributed by atoms with Crippen LogP contribution in [0.15, 0.2) is 104 Å². The van der Waals surface area contributed by atoms with Crippen LogP contribution in [0.3, 0.4) is 0 Å². The molecular formula is C47H48ClN9O5. The molecule has 1 unspecified atom stereocenters. The van der Waals surface area contributed by atoms with E-state index in [0.717, 1.165) is 28.1 Å². The van der Waals surface area contributed by atoms with Crippen molar-refractivity contribution >= 4 is 63.9 Å². The zero-order chi connectivity index (χ0) is 42.8. The van der Waals surface area contributed by atoms with Crippen LogP contribution in [0.4, 0.5) is 28.7 Å². The van der Waals surface area contributed by atoms with Gasteiger partial charge in [-0.2, -0.15) is 0 Å². The van der Waals surface area contributed by atoms with Gasteiger partial charge >= 0.3 is 0 Å². The molecule has 1 atom stereocenters. The number of anilines is 5. The minimum Gasteiger partial charge on any atom is -0.389 e. The van der Waals surface area contributed by atoms with E-state index in [1.165, 1.54) is 0 Å². The lowest BCUT2D eigenvalue weighted by molar-refractivity contribution is -0.142. The molecule has 318 valence electrons. The first kappa shape index (κ1) is 41.0. The Morgan fingerprint density at radius 1 is 0.790 bits per heavy atom. The van der Waals surface area contributed by atoms with Crippen molar-refractivity contribution in [3.05, 3.63) is 109 Å². The van der Waals surface area contributed by atoms with Crippen LogP contribution in [0, 0.1) is 5.41 Å². The maximum Gasteiger partial charge on any atom is 0.249 e. The van der Waals surface area contributed by atoms with E-state index in [4.69, 9.17) is 16.6 Å². The maximum atomic E-state index is 14.1. The van der Waals surface area contributed by atoms with Crippen molar-refractivity contribution in [2.24, 2.45) is 5.41 Å². The number of hydrogen-bond acceptors (Lipinski definition) is 11. The molecule has 4 amide bonds. The molecule has 9 rings (SSSR count). The van der Waals surface area contributed by atoms with Gasteiger partial charge in [-0.3, -0.25) is 29.5 Å². The molecule has 5 aromatic rings. The number of carbonyl (C=O) groups excluding carboxylic acids is 4. The minimum atomic E-state index is -1.10. The number of halogens is 1. The van der Waals surface area contributed by atoms with E-state index in [1.54, 1.807) is 23.5 Å². The van der Waals surface area contributed by atoms with Crippen molar-refractivity contribution in [3.63, 3.8) is 0 Å². The monoisotopic (exact) mass is 853 g/mol. The van der Waals surface area contributed by atoms with E-state index in [9.17, 15) is 24.3 Å². The molecule has 0 saturated carbocycles. The summed E-state index contributed by atoms with van der Waals surface area (Å²) < 4.78 is 0. The van der Waals surface area contributed by atoms with E-state index in [0.29, 0.717) is 106 Å². The number of carbonyl (C=O) groups is 4. The van der Waals surface area contributed by atoms with Gasteiger partial charge in [-0.15, -0.1) is 0 Å². The molecule has 62 heavy (non-hydrogen) atoms. The number of likely N-dealkylation sites (tertiary alicyclic amines) is 1. The second kappa shape index (κ2) is 17.2. The zero-order valence-corrected chi connectivity index (χ0v) is 35.0. The number of nitrogens with one attached hydrogen (secondary N) is 3. The Morgan fingerprint density at radius 3 is 2.27 bits per heavy atom. The lowest BCUT2D eigenvalue weighted by Gasteiger charge is -2.42. The Morgan fingerprint density at radius 2 is 1.52 bits per heavy atom. The molecule has 4 N–H and O–H groups in total. The number of benzene rings is 3. The number of piperidine rings is 3. The van der Waals surface area contributed by atoms with Crippen LogP contribution in [-0.4, -0.2) is 93.0 Å². The van der Waals surface area contributed by atoms with Crippen LogP contribution >= 0.6 is 11.6 Å². The lowest BCUT2D eigenvalue weighted by Crippen LogP contribution is -2.50. The molecule has 0 radical (unpaired) electrons. The Hall–Kier alpha value is -6.38. The molecule has 4 saturated heterocycles. The second-order valence-corrected chi connectivity index (χ2v) is 17.3. The maximum absolute atomic E-state index is 14.1. The number of hydrogen-bond donors (Lipinski definition) is 4. The predicted molar refractivity (Wildman–Crippen MR) is 238 cm³/mol. The predicted octanol–water partition coefficient (Wildman–Crippen LogP) is 6.59. The highest BCUT2D eigenvalue weighted by molar-refractivity contribution is 6.33. The fourth-order valence-electron chi connectivity index (χ4n) is 9.15. The Balaban J connectivity index is 0.769. The van der Waals surface area contributed by atoms with Crippen molar-refractivity contribution in [1.82, 2.24) is 25.2 Å². The SMILES string of the molecule is O=C1CCC(Nc2ccc(N3CCC(O)(CC(=O)N4CCC5(CC4)CCN(c4cncc(Nc6ncc(Cl)c(-c7cccc(-c8ccccc8)c7)n6)c4)C5=O)CC3)cc2)C(=O)N1. The number of imide groups is 1. The van der Waals surface area contributed by atoms with Gasteiger partial charge < -0.3 is 30.4 Å². The zero-order valence-electron chi connectivity index (χ0n) is 34.2. The number of nitrogens with zero attached hydrogens (tertiary/aromatic N) is 6. The van der Waals surface area contributed by atoms with Crippen LogP contribution in [0.25, 0.3) is 22.4 Å². The van der Waals surface area contributed by atoms with Crippen LogP contribution in [-0.2, 0) is 19.2 Å². The van der Waals surface area contributed by atoms with Crippen molar-refractivity contribution in [2.75, 3.05) is 53.2 Å². The van der Waals surface area contributed by atoms with E-state index < -0.39 is 17.1 Å². The molecule has 4 fully saturated rings. The van der Waals surface area contributed by atoms with Gasteiger partial charge in [0.2, 0.25) is 29.6 Å². The molecule has 3 aromatic carbocycles. The van der Waals surface area contributed by atoms with Gasteiger partial charge in [0.15, 0.2) is 0 Å². The van der Waals surface area contributed by atoms with Gasteiger partial charge in [-0.1, -0.05) is 60.1 Å². The fraction of sp³-hybridized carbons (Fsp3) is 0.340. The summed E-state index contributed by atoms with van der Waals surface area (Å²) in [5, 5.41) is 20.8. The van der Waals surface area contributed by atoms with Crippen LogP contribution in [0.5, 0.6) is 0 Å². The lowest BCUT2D eigenvalue weighted by atomic mass is 9.76. The average molecular weight is 854 g/mol. The third-order valence-electron chi connectivity index (χ3n) is 12.9. The highest BCUT2D eigenvalue weighted by Crippen LogP contribution is 2.44. The van der Waals surface area contributed by atoms with E-state index in [-0.39, 0.29) is 30.0 Å². The van der Waals surface area contributed by atoms with E-state index in [1.807, 2.05) is 71.6 Å². The van der Waals surface area contributed by atoms with Crippen LogP contribution in [0.1, 0.15) is 51.4 Å². The van der Waals surface area contributed by atoms with E-state index >= 15 is 0 Å². The number of aliphatic hydroxyl groups is 1. The molecule has 4 aliphatic heterocycles. The smallest absolute Gasteiger partial charge is 0.249 e. The number of aromatic nitrogens is 3. The van der Waals surface area contributed by atoms with Gasteiger partial charge in [0, 0.05) is 56.1 Å². The van der Waals surface area contributed by atoms with Crippen LogP contribution < -0.4 is 25.8 Å². The summed E-state index contributed by atoms with van der Waals surface area (Å²) >= 11 is 6.60. The summed E-state index contributed by atoms with van der Waals surface area (Å²) in [4.78, 5) is 70.7. The van der Waals surface area contributed by atoms with Crippen molar-refractivity contribution in [1.29, 1.82) is 0 Å². The molecule has 4 aliphatic rings. The topological polar surface area (TPSA) is 173 Å². The van der Waals surface area contributed by atoms with Crippen LogP contribution in [0.2, 0.25) is 5.02 Å². The van der Waals surface area contributed by atoms with Crippen molar-refractivity contribution in [2.45, 2.75) is 63.0 Å². The summed E-state index contributed by atoms with van der Waals surface area (Å²) in [6.07, 6.45) is 8.45. The average Bonchev–Trinajstić information content (AvgIpc) is 3.60. The summed E-state index contributed by atoms with van der Waals surface area (Å²) in [7, 11) is 0. The number of amides is 4. The summed E-state index contributed by atoms with van der Waals surface area (Å²) in [6, 6.07) is 27.3. The highest BCUT2D eigenvalue weighted by Gasteiger charge is 2.49. The van der Waals surface area contributed by atoms with Gasteiger partial charge in [0.05, 0.1) is 58.1 Å². The molecule has 6 heterocycles. The van der Waals surface area contributed by atoms with Crippen molar-refractivity contribution in [3.8, 4) is 22.4 Å². The van der Waals surface area contributed by atoms with Gasteiger partial charge in [-0.25, -0.2) is 9.97 Å². The third-order valence-corrected chi connectivity index (χ3v) is 13.1. The largest absolute Gasteiger partial charge is 0.389 e. The van der Waals surface area contributed by atoms with Crippen molar-refractivity contribution < 1.29 is 24.3 Å². The first-order valence-electron chi connectivity index (χ1n) is 21.2. The molecular weight excluding hydrogens is 806 g/mol. The Bertz CT molecular complexity index is 2490. The minimum absolute atomic E-state index is 0.0395. The van der Waals surface area contributed by atoms with Gasteiger partial charge in [-0.05, 0) is 86.1 Å². The summed E-state index contributed by atoms with van der Waals surface area (Å²) in [5.41, 5.74) is 5.01. The Kier molecular flexibility index (Phi) is 11.4. The van der Waals surface area contributed by atoms with Gasteiger partial charge in [0.1, 0.15) is 6.04 Å². The first-order chi connectivity index (χ1) is 30.0. The van der Waals surface area contributed by atoms with E-state index in [2.05, 4.69) is 49.0 Å². The highest BCUT2D eigenvalue weighted by atomic mass is 35.5.